The van der Waals surface area contributed by atoms with Crippen molar-refractivity contribution in [3.63, 3.8) is 0 Å². The lowest BCUT2D eigenvalue weighted by Gasteiger charge is -2.19. The van der Waals surface area contributed by atoms with Crippen LogP contribution in [0.25, 0.3) is 0 Å². The van der Waals surface area contributed by atoms with E-state index in [0.29, 0.717) is 5.92 Å². The fourth-order valence-corrected chi connectivity index (χ4v) is 1.51. The van der Waals surface area contributed by atoms with Gasteiger partial charge >= 0.3 is 0 Å². The lowest BCUT2D eigenvalue weighted by molar-refractivity contribution is 0.454. The van der Waals surface area contributed by atoms with Crippen molar-refractivity contribution in [2.75, 3.05) is 13.1 Å². The Morgan fingerprint density at radius 3 is 3.00 bits per heavy atom. The molecule has 0 amide bonds. The summed E-state index contributed by atoms with van der Waals surface area (Å²) in [7, 11) is 0. The molecular formula is C7H13ClN4. The van der Waals surface area contributed by atoms with Gasteiger partial charge in [-0.25, -0.2) is 0 Å². The van der Waals surface area contributed by atoms with Gasteiger partial charge in [0.2, 0.25) is 0 Å². The van der Waals surface area contributed by atoms with E-state index in [0.717, 1.165) is 18.8 Å². The van der Waals surface area contributed by atoms with Crippen LogP contribution in [0.15, 0.2) is 6.20 Å². The van der Waals surface area contributed by atoms with Gasteiger partial charge in [-0.05, 0) is 19.4 Å². The minimum atomic E-state index is 0. The summed E-state index contributed by atoms with van der Waals surface area (Å²) in [6.07, 6.45) is 4.37. The van der Waals surface area contributed by atoms with Crippen LogP contribution >= 0.6 is 12.4 Å². The Labute approximate surface area is 77.5 Å². The number of hydrogen-bond acceptors (Lipinski definition) is 3. The van der Waals surface area contributed by atoms with Gasteiger partial charge in [-0.2, -0.15) is 0 Å². The first-order valence-corrected chi connectivity index (χ1v) is 4.04. The van der Waals surface area contributed by atoms with E-state index < -0.39 is 0 Å². The zero-order valence-electron chi connectivity index (χ0n) is 6.79. The molecule has 0 aromatic carbocycles. The molecule has 4 nitrogen and oxygen atoms in total. The van der Waals surface area contributed by atoms with Crippen molar-refractivity contribution in [2.45, 2.75) is 18.8 Å². The number of halogens is 1. The van der Waals surface area contributed by atoms with Gasteiger partial charge in [0.15, 0.2) is 0 Å². The molecule has 0 spiro atoms. The van der Waals surface area contributed by atoms with Crippen LogP contribution in [0.4, 0.5) is 0 Å². The summed E-state index contributed by atoms with van der Waals surface area (Å²) in [6, 6.07) is 0. The Balaban J connectivity index is 0.000000720. The normalized spacial score (nSPS) is 23.2. The maximum atomic E-state index is 3.99. The van der Waals surface area contributed by atoms with Gasteiger partial charge in [0.05, 0.1) is 5.69 Å². The maximum absolute atomic E-state index is 3.99. The number of rotatable bonds is 1. The highest BCUT2D eigenvalue weighted by Crippen LogP contribution is 2.19. The van der Waals surface area contributed by atoms with Crippen LogP contribution in [-0.2, 0) is 0 Å². The summed E-state index contributed by atoms with van der Waals surface area (Å²) in [5, 5.41) is 13.8. The van der Waals surface area contributed by atoms with Gasteiger partial charge in [-0.3, -0.25) is 5.10 Å². The molecule has 0 aliphatic carbocycles. The zero-order valence-corrected chi connectivity index (χ0v) is 7.60. The van der Waals surface area contributed by atoms with E-state index in [1.54, 1.807) is 0 Å². The molecule has 1 unspecified atom stereocenters. The fraction of sp³-hybridized carbons (Fsp3) is 0.714. The first-order valence-electron chi connectivity index (χ1n) is 4.04. The summed E-state index contributed by atoms with van der Waals surface area (Å²) in [5.74, 6) is 0.572. The molecule has 1 fully saturated rings. The van der Waals surface area contributed by atoms with Gasteiger partial charge < -0.3 is 5.32 Å². The molecule has 0 radical (unpaired) electrons. The van der Waals surface area contributed by atoms with E-state index in [9.17, 15) is 0 Å². The minimum Gasteiger partial charge on any atom is -0.316 e. The maximum Gasteiger partial charge on any atom is 0.0867 e. The quantitative estimate of drug-likeness (QED) is 0.682. The van der Waals surface area contributed by atoms with Crippen molar-refractivity contribution < 1.29 is 0 Å². The molecule has 1 aliphatic rings. The molecule has 68 valence electrons. The van der Waals surface area contributed by atoms with E-state index in [1.807, 2.05) is 6.20 Å². The topological polar surface area (TPSA) is 53.6 Å². The molecule has 2 N–H and O–H groups in total. The average molecular weight is 189 g/mol. The summed E-state index contributed by atoms with van der Waals surface area (Å²) < 4.78 is 0. The second kappa shape index (κ2) is 4.42. The van der Waals surface area contributed by atoms with Crippen LogP contribution in [0.5, 0.6) is 0 Å². The van der Waals surface area contributed by atoms with Gasteiger partial charge in [0.1, 0.15) is 0 Å². The van der Waals surface area contributed by atoms with Crippen LogP contribution in [0.2, 0.25) is 0 Å². The number of nitrogens with zero attached hydrogens (tertiary/aromatic N) is 2. The molecule has 12 heavy (non-hydrogen) atoms. The molecular weight excluding hydrogens is 176 g/mol. The van der Waals surface area contributed by atoms with Gasteiger partial charge in [0, 0.05) is 18.7 Å². The predicted octanol–water partition coefficient (Wildman–Crippen LogP) is 0.694. The summed E-state index contributed by atoms with van der Waals surface area (Å²) >= 11 is 0. The third-order valence-electron chi connectivity index (χ3n) is 2.15. The van der Waals surface area contributed by atoms with Gasteiger partial charge in [-0.15, -0.1) is 17.5 Å². The Morgan fingerprint density at radius 1 is 1.50 bits per heavy atom. The van der Waals surface area contributed by atoms with Crippen molar-refractivity contribution in [2.24, 2.45) is 0 Å². The van der Waals surface area contributed by atoms with Crippen molar-refractivity contribution in [1.29, 1.82) is 0 Å². The van der Waals surface area contributed by atoms with Crippen molar-refractivity contribution in [1.82, 2.24) is 20.7 Å². The summed E-state index contributed by atoms with van der Waals surface area (Å²) in [5.41, 5.74) is 1.09. The molecule has 0 saturated carbocycles. The number of piperidine rings is 1. The number of hydrogen-bond donors (Lipinski definition) is 2. The molecule has 1 aliphatic heterocycles. The van der Waals surface area contributed by atoms with E-state index in [4.69, 9.17) is 0 Å². The molecule has 1 aromatic rings. The van der Waals surface area contributed by atoms with Crippen LogP contribution in [0, 0.1) is 0 Å². The Hall–Kier alpha value is -0.610. The highest BCUT2D eigenvalue weighted by atomic mass is 35.5. The van der Waals surface area contributed by atoms with Crippen LogP contribution in [-0.4, -0.2) is 28.5 Å². The van der Waals surface area contributed by atoms with E-state index >= 15 is 0 Å². The lowest BCUT2D eigenvalue weighted by Crippen LogP contribution is -2.28. The summed E-state index contributed by atoms with van der Waals surface area (Å²) in [6.45, 7) is 2.20. The average Bonchev–Trinajstić information content (AvgIpc) is 2.58. The molecule has 1 saturated heterocycles. The third-order valence-corrected chi connectivity index (χ3v) is 2.15. The first-order chi connectivity index (χ1) is 5.47. The smallest absolute Gasteiger partial charge is 0.0867 e. The monoisotopic (exact) mass is 188 g/mol. The number of H-pyrrole nitrogens is 1. The standard InChI is InChI=1S/C7H12N4.ClH/c1-2-6(4-8-3-1)7-5-9-11-10-7;/h5-6,8H,1-4H2,(H,9,10,11);1H. The van der Waals surface area contributed by atoms with Gasteiger partial charge in [-0.1, -0.05) is 5.21 Å². The second-order valence-electron chi connectivity index (χ2n) is 2.94. The second-order valence-corrected chi connectivity index (χ2v) is 2.94. The number of aromatic nitrogens is 3. The number of nitrogens with one attached hydrogen (secondary N) is 2. The van der Waals surface area contributed by atoms with Crippen LogP contribution in [0.1, 0.15) is 24.5 Å². The third kappa shape index (κ3) is 1.95. The fourth-order valence-electron chi connectivity index (χ4n) is 1.51. The molecule has 2 heterocycles. The Bertz CT molecular complexity index is 205. The van der Waals surface area contributed by atoms with Crippen molar-refractivity contribution >= 4 is 12.4 Å². The highest BCUT2D eigenvalue weighted by molar-refractivity contribution is 5.85. The molecule has 1 atom stereocenters. The molecule has 2 rings (SSSR count). The van der Waals surface area contributed by atoms with Crippen molar-refractivity contribution in [3.05, 3.63) is 11.9 Å². The van der Waals surface area contributed by atoms with E-state index in [2.05, 4.69) is 20.7 Å². The minimum absolute atomic E-state index is 0. The molecule has 0 bridgehead atoms. The van der Waals surface area contributed by atoms with Crippen LogP contribution in [0.3, 0.4) is 0 Å². The SMILES string of the molecule is Cl.c1[nH]nnc1C1CCCNC1. The van der Waals surface area contributed by atoms with Gasteiger partial charge in [0.25, 0.3) is 0 Å². The van der Waals surface area contributed by atoms with E-state index in [1.165, 1.54) is 12.8 Å². The van der Waals surface area contributed by atoms with Crippen LogP contribution < -0.4 is 5.32 Å². The summed E-state index contributed by atoms with van der Waals surface area (Å²) in [4.78, 5) is 0. The Kier molecular flexibility index (Phi) is 3.49. The largest absolute Gasteiger partial charge is 0.316 e. The molecule has 1 aromatic heterocycles. The molecule has 5 heteroatoms. The van der Waals surface area contributed by atoms with E-state index in [-0.39, 0.29) is 12.4 Å². The highest BCUT2D eigenvalue weighted by Gasteiger charge is 2.16. The zero-order chi connectivity index (χ0) is 7.52. The predicted molar refractivity (Wildman–Crippen MR) is 48.5 cm³/mol. The van der Waals surface area contributed by atoms with Crippen molar-refractivity contribution in [3.8, 4) is 0 Å². The Morgan fingerprint density at radius 2 is 2.42 bits per heavy atom. The first kappa shape index (κ1) is 9.48. The lowest BCUT2D eigenvalue weighted by atomic mass is 9.97. The number of aromatic amines is 1.